The molecule has 3 atom stereocenters. The molecule has 2 aromatic carbocycles. The first-order valence-electron chi connectivity index (χ1n) is 6.61. The summed E-state index contributed by atoms with van der Waals surface area (Å²) in [5.41, 5.74) is 0.402. The van der Waals surface area contributed by atoms with Gasteiger partial charge < -0.3 is 15.3 Å². The average Bonchev–Trinajstić information content (AvgIpc) is 2.68. The minimum atomic E-state index is -1.07. The summed E-state index contributed by atoms with van der Waals surface area (Å²) >= 11 is 18.0. The van der Waals surface area contributed by atoms with Gasteiger partial charge in [-0.2, -0.15) is 0 Å². The van der Waals surface area contributed by atoms with E-state index in [0.717, 1.165) is 0 Å². The summed E-state index contributed by atoms with van der Waals surface area (Å²) in [6, 6.07) is 8.22. The summed E-state index contributed by atoms with van der Waals surface area (Å²) in [4.78, 5) is 0. The Balaban J connectivity index is 2.21. The number of halogens is 3. The summed E-state index contributed by atoms with van der Waals surface area (Å²) in [7, 11) is 0. The molecule has 6 heteroatoms. The molecule has 0 fully saturated rings. The molecule has 0 aliphatic heterocycles. The van der Waals surface area contributed by atoms with E-state index >= 15 is 0 Å². The molecule has 0 saturated heterocycles. The molecule has 0 spiro atoms. The number of aliphatic hydroxyl groups is 2. The molecule has 1 aliphatic carbocycles. The number of hydrogen-bond acceptors (Lipinski definition) is 3. The molecule has 3 rings (SSSR count). The van der Waals surface area contributed by atoms with Gasteiger partial charge in [-0.05, 0) is 36.2 Å². The summed E-state index contributed by atoms with van der Waals surface area (Å²) in [6.07, 6.45) is -2.11. The van der Waals surface area contributed by atoms with Crippen LogP contribution in [0.4, 0.5) is 0 Å². The fraction of sp³-hybridized carbons (Fsp3) is 0.250. The van der Waals surface area contributed by atoms with Crippen LogP contribution in [0.25, 0.3) is 0 Å². The summed E-state index contributed by atoms with van der Waals surface area (Å²) in [5.74, 6) is -0.225. The van der Waals surface area contributed by atoms with Crippen molar-refractivity contribution in [1.29, 1.82) is 0 Å². The SMILES string of the molecule is CC1(c2ccc(Cl)cc2)C(O)c2cc(O)c(Cl)c(Cl)c2C1O. The van der Waals surface area contributed by atoms with Crippen molar-refractivity contribution >= 4 is 34.8 Å². The number of fused-ring (bicyclic) bond motifs is 1. The maximum Gasteiger partial charge on any atom is 0.136 e. The highest BCUT2D eigenvalue weighted by molar-refractivity contribution is 6.43. The maximum atomic E-state index is 10.8. The number of aromatic hydroxyl groups is 1. The largest absolute Gasteiger partial charge is 0.506 e. The van der Waals surface area contributed by atoms with Crippen LogP contribution in [0, 0.1) is 0 Å². The van der Waals surface area contributed by atoms with E-state index < -0.39 is 17.6 Å². The molecule has 0 bridgehead atoms. The number of phenols is 1. The molecular formula is C16H13Cl3O3. The summed E-state index contributed by atoms with van der Waals surface area (Å²) < 4.78 is 0. The fourth-order valence-corrected chi connectivity index (χ4v) is 3.64. The van der Waals surface area contributed by atoms with E-state index in [-0.39, 0.29) is 15.8 Å². The van der Waals surface area contributed by atoms with Gasteiger partial charge in [0.15, 0.2) is 0 Å². The first kappa shape index (κ1) is 15.9. The van der Waals surface area contributed by atoms with Crippen molar-refractivity contribution in [2.24, 2.45) is 0 Å². The zero-order valence-corrected chi connectivity index (χ0v) is 13.8. The zero-order valence-electron chi connectivity index (χ0n) is 11.5. The molecule has 116 valence electrons. The van der Waals surface area contributed by atoms with Crippen molar-refractivity contribution in [3.05, 3.63) is 62.1 Å². The molecule has 0 aromatic heterocycles. The lowest BCUT2D eigenvalue weighted by molar-refractivity contribution is 0.0147. The van der Waals surface area contributed by atoms with E-state index in [1.54, 1.807) is 31.2 Å². The van der Waals surface area contributed by atoms with Gasteiger partial charge >= 0.3 is 0 Å². The second kappa shape index (κ2) is 5.29. The van der Waals surface area contributed by atoms with Crippen molar-refractivity contribution < 1.29 is 15.3 Å². The lowest BCUT2D eigenvalue weighted by Crippen LogP contribution is -2.31. The topological polar surface area (TPSA) is 60.7 Å². The molecule has 0 radical (unpaired) electrons. The van der Waals surface area contributed by atoms with Gasteiger partial charge in [0, 0.05) is 10.6 Å². The van der Waals surface area contributed by atoms with Crippen LogP contribution in [-0.2, 0) is 5.41 Å². The normalized spacial score (nSPS) is 27.0. The monoisotopic (exact) mass is 358 g/mol. The van der Waals surface area contributed by atoms with E-state index in [9.17, 15) is 15.3 Å². The third kappa shape index (κ3) is 2.04. The average molecular weight is 360 g/mol. The van der Waals surface area contributed by atoms with Gasteiger partial charge in [0.1, 0.15) is 10.8 Å². The number of benzene rings is 2. The van der Waals surface area contributed by atoms with Crippen LogP contribution in [0.3, 0.4) is 0 Å². The second-order valence-electron chi connectivity index (χ2n) is 5.62. The molecule has 3 N–H and O–H groups in total. The number of rotatable bonds is 1. The molecule has 3 unspecified atom stereocenters. The quantitative estimate of drug-likeness (QED) is 0.707. The van der Waals surface area contributed by atoms with Gasteiger partial charge in [-0.3, -0.25) is 0 Å². The Labute approximate surface area is 142 Å². The molecule has 3 nitrogen and oxygen atoms in total. The molecule has 2 aromatic rings. The number of aliphatic hydroxyl groups excluding tert-OH is 2. The van der Waals surface area contributed by atoms with Gasteiger partial charge in [0.25, 0.3) is 0 Å². The van der Waals surface area contributed by atoms with Crippen molar-refractivity contribution in [3.63, 3.8) is 0 Å². The minimum absolute atomic E-state index is 0.0352. The zero-order chi connectivity index (χ0) is 16.2. The Morgan fingerprint density at radius 2 is 1.55 bits per heavy atom. The lowest BCUT2D eigenvalue weighted by Gasteiger charge is -2.32. The van der Waals surface area contributed by atoms with Crippen molar-refractivity contribution in [2.75, 3.05) is 0 Å². The Morgan fingerprint density at radius 1 is 0.955 bits per heavy atom. The minimum Gasteiger partial charge on any atom is -0.506 e. The van der Waals surface area contributed by atoms with Crippen molar-refractivity contribution in [1.82, 2.24) is 0 Å². The Kier molecular flexibility index (Phi) is 3.83. The van der Waals surface area contributed by atoms with E-state index in [0.29, 0.717) is 21.7 Å². The number of hydrogen-bond donors (Lipinski definition) is 3. The highest BCUT2D eigenvalue weighted by Gasteiger charge is 2.51. The van der Waals surface area contributed by atoms with Gasteiger partial charge in [-0.25, -0.2) is 0 Å². The predicted molar refractivity (Wildman–Crippen MR) is 86.9 cm³/mol. The Bertz CT molecular complexity index is 745. The molecule has 0 amide bonds. The second-order valence-corrected chi connectivity index (χ2v) is 6.81. The molecule has 22 heavy (non-hydrogen) atoms. The van der Waals surface area contributed by atoms with Crippen LogP contribution in [0.15, 0.2) is 30.3 Å². The fourth-order valence-electron chi connectivity index (χ4n) is 3.05. The first-order valence-corrected chi connectivity index (χ1v) is 7.74. The van der Waals surface area contributed by atoms with Gasteiger partial charge in [-0.15, -0.1) is 0 Å². The molecule has 0 saturated carbocycles. The lowest BCUT2D eigenvalue weighted by atomic mass is 9.76. The summed E-state index contributed by atoms with van der Waals surface area (Å²) in [5, 5.41) is 31.9. The maximum absolute atomic E-state index is 10.8. The third-order valence-electron chi connectivity index (χ3n) is 4.43. The van der Waals surface area contributed by atoms with Crippen molar-refractivity contribution in [2.45, 2.75) is 24.5 Å². The summed E-state index contributed by atoms with van der Waals surface area (Å²) in [6.45, 7) is 1.73. The van der Waals surface area contributed by atoms with Gasteiger partial charge in [0.05, 0.1) is 22.6 Å². The van der Waals surface area contributed by atoms with E-state index in [1.165, 1.54) is 6.07 Å². The van der Waals surface area contributed by atoms with Crippen LogP contribution in [0.2, 0.25) is 15.1 Å². The molecular weight excluding hydrogens is 347 g/mol. The van der Waals surface area contributed by atoms with Crippen LogP contribution < -0.4 is 0 Å². The first-order chi connectivity index (χ1) is 10.3. The van der Waals surface area contributed by atoms with Gasteiger partial charge in [0.2, 0.25) is 0 Å². The van der Waals surface area contributed by atoms with Crippen LogP contribution in [-0.4, -0.2) is 15.3 Å². The van der Waals surface area contributed by atoms with E-state index in [2.05, 4.69) is 0 Å². The number of phenolic OH excluding ortho intramolecular Hbond substituents is 1. The van der Waals surface area contributed by atoms with Crippen LogP contribution >= 0.6 is 34.8 Å². The molecule has 0 heterocycles. The predicted octanol–water partition coefficient (Wildman–Crippen LogP) is 4.39. The van der Waals surface area contributed by atoms with Gasteiger partial charge in [-0.1, -0.05) is 46.9 Å². The third-order valence-corrected chi connectivity index (χ3v) is 5.55. The van der Waals surface area contributed by atoms with Crippen molar-refractivity contribution in [3.8, 4) is 5.75 Å². The molecule has 1 aliphatic rings. The smallest absolute Gasteiger partial charge is 0.136 e. The Morgan fingerprint density at radius 3 is 2.14 bits per heavy atom. The highest BCUT2D eigenvalue weighted by atomic mass is 35.5. The highest BCUT2D eigenvalue weighted by Crippen LogP contribution is 2.58. The standard InChI is InChI=1S/C16H13Cl3O3/c1-16(7-2-4-8(17)5-3-7)14(21)9-6-10(20)12(18)13(19)11(9)15(16)22/h2-6,14-15,20-22H,1H3. The Hall–Kier alpha value is -0.970. The van der Waals surface area contributed by atoms with Crippen LogP contribution in [0.1, 0.15) is 35.8 Å². The van der Waals surface area contributed by atoms with E-state index in [1.807, 2.05) is 0 Å². The van der Waals surface area contributed by atoms with E-state index in [4.69, 9.17) is 34.8 Å². The van der Waals surface area contributed by atoms with Crippen LogP contribution in [0.5, 0.6) is 5.75 Å².